The first kappa shape index (κ1) is 13.3. The van der Waals surface area contributed by atoms with Crippen molar-refractivity contribution in [2.75, 3.05) is 18.9 Å². The molecular formula is C12H17BrN4O. The lowest BCUT2D eigenvalue weighted by atomic mass is 10.4. The van der Waals surface area contributed by atoms with Crippen molar-refractivity contribution in [3.05, 3.63) is 16.7 Å². The summed E-state index contributed by atoms with van der Waals surface area (Å²) in [6.45, 7) is 4.43. The number of hydrogen-bond donors (Lipinski definition) is 1. The van der Waals surface area contributed by atoms with Gasteiger partial charge < -0.3 is 10.5 Å². The van der Waals surface area contributed by atoms with Crippen LogP contribution < -0.4 is 5.73 Å². The molecular weight excluding hydrogens is 296 g/mol. The zero-order valence-corrected chi connectivity index (χ0v) is 12.0. The summed E-state index contributed by atoms with van der Waals surface area (Å²) in [7, 11) is 0. The fraction of sp³-hybridized carbons (Fsp3) is 0.500. The largest absolute Gasteiger partial charge is 0.381 e. The molecule has 0 saturated heterocycles. The quantitative estimate of drug-likeness (QED) is 0.833. The molecule has 0 amide bonds. The van der Waals surface area contributed by atoms with Crippen LogP contribution in [-0.4, -0.2) is 27.7 Å². The molecule has 5 nitrogen and oxygen atoms in total. The van der Waals surface area contributed by atoms with Gasteiger partial charge in [0.05, 0.1) is 0 Å². The number of nitrogens with two attached hydrogens (primary N) is 1. The van der Waals surface area contributed by atoms with Gasteiger partial charge >= 0.3 is 0 Å². The fourth-order valence-electron chi connectivity index (χ4n) is 1.80. The normalized spacial score (nSPS) is 11.2. The minimum absolute atomic E-state index is 0.506. The first-order valence-corrected chi connectivity index (χ1v) is 6.86. The van der Waals surface area contributed by atoms with Gasteiger partial charge in [0.25, 0.3) is 0 Å². The molecule has 6 heteroatoms. The standard InChI is InChI=1S/C12H17BrN4O/c1-2-5-18-6-3-4-17-11-10(16-12(17)14)7-9(13)8-15-11/h7-8H,2-6H2,1H3,(H2,14,16). The molecule has 0 radical (unpaired) electrons. The van der Waals surface area contributed by atoms with E-state index in [1.54, 1.807) is 6.20 Å². The third kappa shape index (κ3) is 3.00. The predicted octanol–water partition coefficient (Wildman–Crippen LogP) is 2.59. The maximum Gasteiger partial charge on any atom is 0.202 e. The number of nitrogen functional groups attached to an aromatic ring is 1. The van der Waals surface area contributed by atoms with Crippen molar-refractivity contribution in [2.45, 2.75) is 26.3 Å². The lowest BCUT2D eigenvalue weighted by Gasteiger charge is -2.06. The molecule has 0 atom stereocenters. The van der Waals surface area contributed by atoms with Crippen molar-refractivity contribution >= 4 is 33.0 Å². The van der Waals surface area contributed by atoms with Gasteiger partial charge in [0.1, 0.15) is 5.52 Å². The van der Waals surface area contributed by atoms with Crippen molar-refractivity contribution in [1.82, 2.24) is 14.5 Å². The highest BCUT2D eigenvalue weighted by molar-refractivity contribution is 9.10. The van der Waals surface area contributed by atoms with Crippen molar-refractivity contribution in [1.29, 1.82) is 0 Å². The summed E-state index contributed by atoms with van der Waals surface area (Å²) in [5.41, 5.74) is 7.54. The maximum absolute atomic E-state index is 5.90. The molecule has 0 aliphatic heterocycles. The summed E-state index contributed by atoms with van der Waals surface area (Å²) in [6, 6.07) is 1.92. The SMILES string of the molecule is CCCOCCCn1c(N)nc2cc(Br)cnc21. The van der Waals surface area contributed by atoms with E-state index < -0.39 is 0 Å². The lowest BCUT2D eigenvalue weighted by Crippen LogP contribution is -2.07. The first-order valence-electron chi connectivity index (χ1n) is 6.07. The number of pyridine rings is 1. The van der Waals surface area contributed by atoms with E-state index in [9.17, 15) is 0 Å². The van der Waals surface area contributed by atoms with Gasteiger partial charge in [-0.3, -0.25) is 4.57 Å². The van der Waals surface area contributed by atoms with E-state index >= 15 is 0 Å². The van der Waals surface area contributed by atoms with E-state index in [1.165, 1.54) is 0 Å². The molecule has 0 aromatic carbocycles. The first-order chi connectivity index (χ1) is 8.72. The Morgan fingerprint density at radius 2 is 2.28 bits per heavy atom. The molecule has 0 unspecified atom stereocenters. The summed E-state index contributed by atoms with van der Waals surface area (Å²) < 4.78 is 8.29. The molecule has 18 heavy (non-hydrogen) atoms. The number of aromatic nitrogens is 3. The van der Waals surface area contributed by atoms with Crippen LogP contribution >= 0.6 is 15.9 Å². The molecule has 0 aliphatic rings. The van der Waals surface area contributed by atoms with Crippen molar-refractivity contribution in [3.63, 3.8) is 0 Å². The van der Waals surface area contributed by atoms with Gasteiger partial charge in [-0.2, -0.15) is 0 Å². The number of aryl methyl sites for hydroxylation is 1. The van der Waals surface area contributed by atoms with Crippen LogP contribution in [0.4, 0.5) is 5.95 Å². The average Bonchev–Trinajstić information content (AvgIpc) is 2.64. The van der Waals surface area contributed by atoms with Crippen LogP contribution in [0, 0.1) is 0 Å². The number of ether oxygens (including phenoxy) is 1. The third-order valence-electron chi connectivity index (χ3n) is 2.60. The Morgan fingerprint density at radius 3 is 3.06 bits per heavy atom. The smallest absolute Gasteiger partial charge is 0.202 e. The molecule has 0 fully saturated rings. The zero-order chi connectivity index (χ0) is 13.0. The fourth-order valence-corrected chi connectivity index (χ4v) is 2.11. The van der Waals surface area contributed by atoms with Gasteiger partial charge in [-0.05, 0) is 34.8 Å². The van der Waals surface area contributed by atoms with Crippen LogP contribution in [-0.2, 0) is 11.3 Å². The molecule has 98 valence electrons. The highest BCUT2D eigenvalue weighted by Crippen LogP contribution is 2.19. The highest BCUT2D eigenvalue weighted by Gasteiger charge is 2.09. The van der Waals surface area contributed by atoms with Crippen LogP contribution in [0.25, 0.3) is 11.2 Å². The number of nitrogens with zero attached hydrogens (tertiary/aromatic N) is 3. The predicted molar refractivity (Wildman–Crippen MR) is 75.4 cm³/mol. The Morgan fingerprint density at radius 1 is 1.44 bits per heavy atom. The van der Waals surface area contributed by atoms with Crippen LogP contribution in [0.5, 0.6) is 0 Å². The minimum atomic E-state index is 0.506. The number of anilines is 1. The van der Waals surface area contributed by atoms with Gasteiger partial charge in [-0.25, -0.2) is 9.97 Å². The lowest BCUT2D eigenvalue weighted by molar-refractivity contribution is 0.129. The van der Waals surface area contributed by atoms with Crippen molar-refractivity contribution in [3.8, 4) is 0 Å². The molecule has 0 aliphatic carbocycles. The van der Waals surface area contributed by atoms with E-state index in [0.29, 0.717) is 5.95 Å². The van der Waals surface area contributed by atoms with Gasteiger partial charge in [0, 0.05) is 30.4 Å². The van der Waals surface area contributed by atoms with Crippen LogP contribution in [0.2, 0.25) is 0 Å². The number of rotatable bonds is 6. The summed E-state index contributed by atoms with van der Waals surface area (Å²) in [5.74, 6) is 0.506. The van der Waals surface area contributed by atoms with Crippen molar-refractivity contribution < 1.29 is 4.74 Å². The molecule has 2 heterocycles. The van der Waals surface area contributed by atoms with Crippen LogP contribution in [0.3, 0.4) is 0 Å². The number of halogens is 1. The van der Waals surface area contributed by atoms with Gasteiger partial charge in [-0.1, -0.05) is 6.92 Å². The Labute approximate surface area is 114 Å². The van der Waals surface area contributed by atoms with Gasteiger partial charge in [-0.15, -0.1) is 0 Å². The monoisotopic (exact) mass is 312 g/mol. The maximum atomic E-state index is 5.90. The average molecular weight is 313 g/mol. The van der Waals surface area contributed by atoms with Gasteiger partial charge in [0.2, 0.25) is 5.95 Å². The number of hydrogen-bond acceptors (Lipinski definition) is 4. The number of fused-ring (bicyclic) bond motifs is 1. The molecule has 2 aromatic rings. The van der Waals surface area contributed by atoms with E-state index in [0.717, 1.165) is 48.2 Å². The topological polar surface area (TPSA) is 66.0 Å². The van der Waals surface area contributed by atoms with Crippen LogP contribution in [0.15, 0.2) is 16.7 Å². The second-order valence-electron chi connectivity index (χ2n) is 4.08. The van der Waals surface area contributed by atoms with Crippen molar-refractivity contribution in [2.24, 2.45) is 0 Å². The molecule has 0 bridgehead atoms. The Kier molecular flexibility index (Phi) is 4.54. The Bertz CT molecular complexity index is 526. The zero-order valence-electron chi connectivity index (χ0n) is 10.4. The highest BCUT2D eigenvalue weighted by atomic mass is 79.9. The summed E-state index contributed by atoms with van der Waals surface area (Å²) >= 11 is 3.37. The summed E-state index contributed by atoms with van der Waals surface area (Å²) in [6.07, 6.45) is 3.71. The van der Waals surface area contributed by atoms with Crippen LogP contribution in [0.1, 0.15) is 19.8 Å². The molecule has 0 spiro atoms. The second-order valence-corrected chi connectivity index (χ2v) is 5.00. The second kappa shape index (κ2) is 6.15. The van der Waals surface area contributed by atoms with E-state index in [4.69, 9.17) is 10.5 Å². The van der Waals surface area contributed by atoms with E-state index in [1.807, 2.05) is 10.6 Å². The minimum Gasteiger partial charge on any atom is -0.381 e. The van der Waals surface area contributed by atoms with E-state index in [-0.39, 0.29) is 0 Å². The number of imidazole rings is 1. The molecule has 2 N–H and O–H groups in total. The molecule has 2 rings (SSSR count). The molecule has 0 saturated carbocycles. The van der Waals surface area contributed by atoms with Gasteiger partial charge in [0.15, 0.2) is 5.65 Å². The third-order valence-corrected chi connectivity index (χ3v) is 3.03. The Balaban J connectivity index is 2.05. The van der Waals surface area contributed by atoms with E-state index in [2.05, 4.69) is 32.8 Å². The Hall–Kier alpha value is -1.14. The molecule has 2 aromatic heterocycles. The summed E-state index contributed by atoms with van der Waals surface area (Å²) in [5, 5.41) is 0. The summed E-state index contributed by atoms with van der Waals surface area (Å²) in [4.78, 5) is 8.65.